The van der Waals surface area contributed by atoms with Crippen molar-refractivity contribution >= 4 is 23.3 Å². The summed E-state index contributed by atoms with van der Waals surface area (Å²) in [5, 5.41) is 4.11. The van der Waals surface area contributed by atoms with Gasteiger partial charge in [0.05, 0.1) is 6.42 Å². The topological polar surface area (TPSA) is 105 Å². The van der Waals surface area contributed by atoms with Crippen LogP contribution in [0.4, 0.5) is 5.69 Å². The van der Waals surface area contributed by atoms with Gasteiger partial charge in [-0.15, -0.1) is 0 Å². The summed E-state index contributed by atoms with van der Waals surface area (Å²) < 4.78 is 1.59. The highest BCUT2D eigenvalue weighted by Gasteiger charge is 2.15. The van der Waals surface area contributed by atoms with Gasteiger partial charge in [0.15, 0.2) is 0 Å². The van der Waals surface area contributed by atoms with Gasteiger partial charge in [-0.3, -0.25) is 20.4 Å². The summed E-state index contributed by atoms with van der Waals surface area (Å²) in [6.07, 6.45) is 1.49. The Hall–Kier alpha value is -3.49. The van der Waals surface area contributed by atoms with Crippen molar-refractivity contribution < 1.29 is 9.59 Å². The molecule has 0 saturated carbocycles. The van der Waals surface area contributed by atoms with E-state index in [1.165, 1.54) is 6.33 Å². The van der Waals surface area contributed by atoms with Crippen molar-refractivity contribution in [2.24, 2.45) is 0 Å². The van der Waals surface area contributed by atoms with Crippen LogP contribution in [0.15, 0.2) is 30.6 Å². The number of aromatic nitrogens is 4. The van der Waals surface area contributed by atoms with E-state index in [2.05, 4.69) is 44.7 Å². The quantitative estimate of drug-likeness (QED) is 0.614. The second kappa shape index (κ2) is 8.68. The highest BCUT2D eigenvalue weighted by atomic mass is 16.2. The fourth-order valence-corrected chi connectivity index (χ4v) is 3.23. The molecule has 0 spiro atoms. The minimum absolute atomic E-state index is 0.0711. The van der Waals surface area contributed by atoms with E-state index in [1.807, 2.05) is 26.0 Å². The zero-order valence-electron chi connectivity index (χ0n) is 17.1. The second-order valence-corrected chi connectivity index (χ2v) is 6.63. The number of benzene rings is 1. The van der Waals surface area contributed by atoms with Crippen LogP contribution < -0.4 is 15.8 Å². The van der Waals surface area contributed by atoms with Crippen molar-refractivity contribution in [2.75, 3.05) is 18.0 Å². The first-order valence-corrected chi connectivity index (χ1v) is 9.54. The summed E-state index contributed by atoms with van der Waals surface area (Å²) in [7, 11) is 0. The average Bonchev–Trinajstić information content (AvgIpc) is 3.19. The summed E-state index contributed by atoms with van der Waals surface area (Å²) in [5.74, 6) is -0.223. The predicted octanol–water partition coefficient (Wildman–Crippen LogP) is 1.59. The molecule has 3 rings (SSSR count). The minimum atomic E-state index is -0.372. The fraction of sp³-hybridized carbons (Fsp3) is 0.350. The number of anilines is 1. The van der Waals surface area contributed by atoms with Crippen molar-refractivity contribution in [3.05, 3.63) is 53.1 Å². The van der Waals surface area contributed by atoms with E-state index in [9.17, 15) is 9.59 Å². The van der Waals surface area contributed by atoms with Crippen LogP contribution in [0.3, 0.4) is 0 Å². The summed E-state index contributed by atoms with van der Waals surface area (Å²) in [6.45, 7) is 9.63. The molecule has 0 saturated heterocycles. The number of nitrogens with one attached hydrogen (secondary N) is 2. The Balaban J connectivity index is 1.61. The van der Waals surface area contributed by atoms with Crippen molar-refractivity contribution in [2.45, 2.75) is 34.1 Å². The van der Waals surface area contributed by atoms with E-state index < -0.39 is 0 Å². The molecular formula is C20H25N7O2. The van der Waals surface area contributed by atoms with Crippen LogP contribution in [-0.4, -0.2) is 44.5 Å². The lowest BCUT2D eigenvalue weighted by Gasteiger charge is -2.21. The molecule has 0 bridgehead atoms. The molecule has 9 nitrogen and oxygen atoms in total. The third kappa shape index (κ3) is 4.34. The molecule has 2 heterocycles. The lowest BCUT2D eigenvalue weighted by molar-refractivity contribution is -0.121. The van der Waals surface area contributed by atoms with Gasteiger partial charge >= 0.3 is 0 Å². The zero-order chi connectivity index (χ0) is 21.0. The second-order valence-electron chi connectivity index (χ2n) is 6.63. The van der Waals surface area contributed by atoms with Crippen LogP contribution in [0, 0.1) is 13.8 Å². The summed E-state index contributed by atoms with van der Waals surface area (Å²) in [4.78, 5) is 35.3. The SMILES string of the molecule is CCN(CC)c1ccc(C(=O)NNC(=O)Cc2c(C)nc3ncnn3c2C)cc1. The molecule has 29 heavy (non-hydrogen) atoms. The molecule has 0 radical (unpaired) electrons. The number of aryl methyl sites for hydroxylation is 2. The Kier molecular flexibility index (Phi) is 6.06. The number of carbonyl (C=O) groups is 2. The van der Waals surface area contributed by atoms with E-state index in [0.29, 0.717) is 17.0 Å². The molecule has 0 aliphatic heterocycles. The largest absolute Gasteiger partial charge is 0.372 e. The summed E-state index contributed by atoms with van der Waals surface area (Å²) in [6, 6.07) is 7.28. The number of hydrazine groups is 1. The van der Waals surface area contributed by atoms with Gasteiger partial charge in [-0.05, 0) is 52.0 Å². The molecular weight excluding hydrogens is 370 g/mol. The minimum Gasteiger partial charge on any atom is -0.372 e. The lowest BCUT2D eigenvalue weighted by Crippen LogP contribution is -2.42. The van der Waals surface area contributed by atoms with Gasteiger partial charge < -0.3 is 4.90 Å². The Labute approximate surface area is 169 Å². The summed E-state index contributed by atoms with van der Waals surface area (Å²) >= 11 is 0. The first kappa shape index (κ1) is 20.2. The van der Waals surface area contributed by atoms with Gasteiger partial charge in [0, 0.05) is 41.3 Å². The molecule has 152 valence electrons. The van der Waals surface area contributed by atoms with Crippen LogP contribution in [-0.2, 0) is 11.2 Å². The molecule has 2 amide bonds. The van der Waals surface area contributed by atoms with E-state index in [4.69, 9.17) is 0 Å². The van der Waals surface area contributed by atoms with Gasteiger partial charge in [-0.1, -0.05) is 0 Å². The molecule has 1 aromatic carbocycles. The maximum absolute atomic E-state index is 12.3. The normalized spacial score (nSPS) is 10.8. The number of hydrogen-bond acceptors (Lipinski definition) is 6. The molecule has 0 atom stereocenters. The molecule has 2 aromatic heterocycles. The maximum Gasteiger partial charge on any atom is 0.269 e. The first-order chi connectivity index (χ1) is 13.9. The Morgan fingerprint density at radius 3 is 2.41 bits per heavy atom. The van der Waals surface area contributed by atoms with Crippen LogP contribution in [0.5, 0.6) is 0 Å². The Morgan fingerprint density at radius 1 is 1.07 bits per heavy atom. The molecule has 0 aliphatic rings. The Bertz CT molecular complexity index is 1020. The van der Waals surface area contributed by atoms with Crippen molar-refractivity contribution in [3.63, 3.8) is 0 Å². The monoisotopic (exact) mass is 395 g/mol. The predicted molar refractivity (Wildman–Crippen MR) is 110 cm³/mol. The number of fused-ring (bicyclic) bond motifs is 1. The molecule has 9 heteroatoms. The fourth-order valence-electron chi connectivity index (χ4n) is 3.23. The van der Waals surface area contributed by atoms with Gasteiger partial charge in [0.1, 0.15) is 6.33 Å². The van der Waals surface area contributed by atoms with Gasteiger partial charge in [-0.2, -0.15) is 10.1 Å². The maximum atomic E-state index is 12.3. The summed E-state index contributed by atoms with van der Waals surface area (Å²) in [5.41, 5.74) is 8.69. The van der Waals surface area contributed by atoms with E-state index in [1.54, 1.807) is 16.6 Å². The average molecular weight is 395 g/mol. The van der Waals surface area contributed by atoms with Crippen molar-refractivity contribution in [1.82, 2.24) is 30.4 Å². The molecule has 0 fully saturated rings. The van der Waals surface area contributed by atoms with Crippen molar-refractivity contribution in [1.29, 1.82) is 0 Å². The highest BCUT2D eigenvalue weighted by Crippen LogP contribution is 2.15. The number of hydrogen-bond donors (Lipinski definition) is 2. The van der Waals surface area contributed by atoms with Gasteiger partial charge in [-0.25, -0.2) is 9.50 Å². The molecule has 3 aromatic rings. The van der Waals surface area contributed by atoms with Gasteiger partial charge in [0.25, 0.3) is 11.7 Å². The first-order valence-electron chi connectivity index (χ1n) is 9.54. The number of nitrogens with zero attached hydrogens (tertiary/aromatic N) is 5. The highest BCUT2D eigenvalue weighted by molar-refractivity contribution is 5.95. The number of rotatable bonds is 6. The number of amides is 2. The molecule has 0 aliphatic carbocycles. The number of carbonyl (C=O) groups excluding carboxylic acids is 2. The van der Waals surface area contributed by atoms with E-state index in [-0.39, 0.29) is 18.2 Å². The van der Waals surface area contributed by atoms with E-state index in [0.717, 1.165) is 30.0 Å². The standard InChI is InChI=1S/C20H25N7O2/c1-5-26(6-2)16-9-7-15(8-10-16)19(29)25-24-18(28)11-17-13(3)23-20-21-12-22-27(20)14(17)4/h7-10,12H,5-6,11H2,1-4H3,(H,24,28)(H,25,29). The third-order valence-corrected chi connectivity index (χ3v) is 4.90. The van der Waals surface area contributed by atoms with Crippen LogP contribution in [0.25, 0.3) is 5.78 Å². The van der Waals surface area contributed by atoms with Crippen LogP contribution in [0.2, 0.25) is 0 Å². The van der Waals surface area contributed by atoms with Crippen molar-refractivity contribution in [3.8, 4) is 0 Å². The van der Waals surface area contributed by atoms with Gasteiger partial charge in [0.2, 0.25) is 5.91 Å². The van der Waals surface area contributed by atoms with Crippen LogP contribution >= 0.6 is 0 Å². The third-order valence-electron chi connectivity index (χ3n) is 4.90. The lowest BCUT2D eigenvalue weighted by atomic mass is 10.1. The molecule has 0 unspecified atom stereocenters. The Morgan fingerprint density at radius 2 is 1.76 bits per heavy atom. The van der Waals surface area contributed by atoms with Crippen LogP contribution in [0.1, 0.15) is 41.2 Å². The smallest absolute Gasteiger partial charge is 0.269 e. The molecule has 2 N–H and O–H groups in total. The van der Waals surface area contributed by atoms with E-state index >= 15 is 0 Å². The zero-order valence-corrected chi connectivity index (χ0v) is 17.1.